The largest absolute Gasteiger partial charge is 0.491 e. The first-order valence-corrected chi connectivity index (χ1v) is 12.9. The zero-order valence-corrected chi connectivity index (χ0v) is 21.5. The van der Waals surface area contributed by atoms with E-state index in [9.17, 15) is 4.79 Å². The van der Waals surface area contributed by atoms with Gasteiger partial charge in [-0.05, 0) is 63.9 Å². The Labute approximate surface area is 209 Å². The molecular weight excluding hydrogens is 442 g/mol. The number of rotatable bonds is 12. The molecule has 1 saturated heterocycles. The summed E-state index contributed by atoms with van der Waals surface area (Å²) in [6.07, 6.45) is 7.00. The molecule has 0 bridgehead atoms. The maximum Gasteiger partial charge on any atom is 0.229 e. The lowest BCUT2D eigenvalue weighted by Crippen LogP contribution is -2.37. The number of ether oxygens (including phenoxy) is 2. The van der Waals surface area contributed by atoms with Crippen LogP contribution in [-0.2, 0) is 22.6 Å². The van der Waals surface area contributed by atoms with Gasteiger partial charge in [-0.3, -0.25) is 9.89 Å². The second kappa shape index (κ2) is 12.0. The van der Waals surface area contributed by atoms with E-state index in [2.05, 4.69) is 44.5 Å². The van der Waals surface area contributed by atoms with Gasteiger partial charge in [0.05, 0.1) is 17.7 Å². The van der Waals surface area contributed by atoms with Crippen LogP contribution < -0.4 is 10.1 Å². The molecule has 1 aromatic heterocycles. The van der Waals surface area contributed by atoms with Crippen molar-refractivity contribution in [2.24, 2.45) is 5.41 Å². The van der Waals surface area contributed by atoms with Crippen LogP contribution >= 0.6 is 0 Å². The van der Waals surface area contributed by atoms with Gasteiger partial charge in [-0.2, -0.15) is 5.10 Å². The van der Waals surface area contributed by atoms with Crippen LogP contribution in [0.25, 0.3) is 0 Å². The minimum atomic E-state index is -0.181. The number of aromatic nitrogens is 2. The topological polar surface area (TPSA) is 82.7 Å². The molecule has 8 heteroatoms. The van der Waals surface area contributed by atoms with Gasteiger partial charge >= 0.3 is 0 Å². The molecule has 2 fully saturated rings. The van der Waals surface area contributed by atoms with E-state index in [-0.39, 0.29) is 5.41 Å². The van der Waals surface area contributed by atoms with Crippen LogP contribution in [0, 0.1) is 5.41 Å². The second-order valence-corrected chi connectivity index (χ2v) is 10.2. The first-order chi connectivity index (χ1) is 17.0. The number of methoxy groups -OCH3 is 1. The molecule has 0 unspecified atom stereocenters. The first kappa shape index (κ1) is 25.7. The van der Waals surface area contributed by atoms with E-state index >= 15 is 0 Å². The van der Waals surface area contributed by atoms with Gasteiger partial charge in [0.1, 0.15) is 12.4 Å². The van der Waals surface area contributed by atoms with E-state index in [1.807, 2.05) is 25.4 Å². The lowest BCUT2D eigenvalue weighted by molar-refractivity contribution is -0.138. The highest BCUT2D eigenvalue weighted by Crippen LogP contribution is 2.49. The molecule has 1 spiro atoms. The molecule has 1 amide bonds. The van der Waals surface area contributed by atoms with E-state index in [1.54, 1.807) is 7.11 Å². The fourth-order valence-corrected chi connectivity index (χ4v) is 5.58. The number of H-pyrrole nitrogens is 1. The van der Waals surface area contributed by atoms with E-state index in [0.29, 0.717) is 31.6 Å². The van der Waals surface area contributed by atoms with Gasteiger partial charge in [-0.1, -0.05) is 12.1 Å². The van der Waals surface area contributed by atoms with Crippen molar-refractivity contribution in [1.29, 1.82) is 0 Å². The summed E-state index contributed by atoms with van der Waals surface area (Å²) in [6.45, 7) is 5.50. The maximum atomic E-state index is 13.5. The van der Waals surface area contributed by atoms with Crippen LogP contribution in [0.15, 0.2) is 30.5 Å². The van der Waals surface area contributed by atoms with Crippen molar-refractivity contribution in [1.82, 2.24) is 25.3 Å². The van der Waals surface area contributed by atoms with Crippen molar-refractivity contribution >= 4 is 5.91 Å². The summed E-state index contributed by atoms with van der Waals surface area (Å²) in [6, 6.07) is 8.07. The van der Waals surface area contributed by atoms with Gasteiger partial charge < -0.3 is 24.6 Å². The third kappa shape index (κ3) is 6.23. The Morgan fingerprint density at radius 1 is 1.20 bits per heavy atom. The van der Waals surface area contributed by atoms with E-state index in [1.165, 1.54) is 11.3 Å². The number of hydrogen-bond donors (Lipinski definition) is 2. The molecule has 1 aliphatic carbocycles. The third-order valence-electron chi connectivity index (χ3n) is 7.72. The SMILES string of the molecule is CNCCN(C)Cc1c[nH]nc1[C@H]1CC[C@]2(CCN(Cc3ccc(OCCOC)cc3)C2=O)CC1. The van der Waals surface area contributed by atoms with Crippen molar-refractivity contribution in [3.63, 3.8) is 0 Å². The van der Waals surface area contributed by atoms with Gasteiger partial charge in [0.25, 0.3) is 0 Å². The summed E-state index contributed by atoms with van der Waals surface area (Å²) in [5.74, 6) is 1.61. The number of nitrogens with zero attached hydrogens (tertiary/aromatic N) is 3. The number of hydrogen-bond acceptors (Lipinski definition) is 6. The molecule has 1 aromatic carbocycles. The minimum absolute atomic E-state index is 0.181. The predicted molar refractivity (Wildman–Crippen MR) is 136 cm³/mol. The number of likely N-dealkylation sites (N-methyl/N-ethyl adjacent to an activating group) is 2. The number of nitrogens with one attached hydrogen (secondary N) is 2. The van der Waals surface area contributed by atoms with Crippen molar-refractivity contribution in [2.45, 2.75) is 51.1 Å². The van der Waals surface area contributed by atoms with Crippen LogP contribution in [0.4, 0.5) is 0 Å². The number of amides is 1. The lowest BCUT2D eigenvalue weighted by Gasteiger charge is -2.35. The van der Waals surface area contributed by atoms with Crippen molar-refractivity contribution in [3.05, 3.63) is 47.3 Å². The highest BCUT2D eigenvalue weighted by molar-refractivity contribution is 5.85. The number of aromatic amines is 1. The average Bonchev–Trinajstić information content (AvgIpc) is 3.45. The Morgan fingerprint density at radius 3 is 2.69 bits per heavy atom. The molecule has 2 aromatic rings. The Balaban J connectivity index is 1.30. The van der Waals surface area contributed by atoms with Crippen LogP contribution in [0.5, 0.6) is 5.75 Å². The normalized spacial score (nSPS) is 22.5. The molecule has 0 radical (unpaired) electrons. The summed E-state index contributed by atoms with van der Waals surface area (Å²) in [5.41, 5.74) is 3.45. The predicted octanol–water partition coefficient (Wildman–Crippen LogP) is 3.16. The molecule has 1 aliphatic heterocycles. The molecule has 2 aliphatic rings. The van der Waals surface area contributed by atoms with Crippen LogP contribution in [0.1, 0.15) is 54.8 Å². The highest BCUT2D eigenvalue weighted by atomic mass is 16.5. The fraction of sp³-hybridized carbons (Fsp3) is 0.630. The molecule has 35 heavy (non-hydrogen) atoms. The molecule has 192 valence electrons. The van der Waals surface area contributed by atoms with E-state index in [0.717, 1.165) is 69.6 Å². The molecule has 2 heterocycles. The smallest absolute Gasteiger partial charge is 0.229 e. The van der Waals surface area contributed by atoms with Crippen LogP contribution in [0.2, 0.25) is 0 Å². The Morgan fingerprint density at radius 2 is 1.97 bits per heavy atom. The van der Waals surface area contributed by atoms with E-state index < -0.39 is 0 Å². The van der Waals surface area contributed by atoms with Crippen LogP contribution in [-0.4, -0.2) is 80.0 Å². The molecule has 2 N–H and O–H groups in total. The van der Waals surface area contributed by atoms with Gasteiger partial charge in [0, 0.05) is 57.5 Å². The average molecular weight is 484 g/mol. The highest BCUT2D eigenvalue weighted by Gasteiger charge is 2.48. The van der Waals surface area contributed by atoms with Gasteiger partial charge in [0.2, 0.25) is 5.91 Å². The standard InChI is InChI=1S/C27H41N5O3/c1-28-13-15-31(2)20-23-18-29-30-25(23)22-8-10-27(11-9-22)12-14-32(26(27)33)19-21-4-6-24(7-5-21)35-17-16-34-3/h4-7,18,22,28H,8-17,19-20H2,1-3H3,(H,29,30)/t22-,27+. The quantitative estimate of drug-likeness (QED) is 0.451. The molecule has 1 saturated carbocycles. The number of likely N-dealkylation sites (tertiary alicyclic amines) is 1. The lowest BCUT2D eigenvalue weighted by atomic mass is 9.68. The number of carbonyl (C=O) groups excluding carboxylic acids is 1. The van der Waals surface area contributed by atoms with Crippen LogP contribution in [0.3, 0.4) is 0 Å². The fourth-order valence-electron chi connectivity index (χ4n) is 5.58. The van der Waals surface area contributed by atoms with Gasteiger partial charge in [-0.15, -0.1) is 0 Å². The molecule has 0 atom stereocenters. The van der Waals surface area contributed by atoms with E-state index in [4.69, 9.17) is 9.47 Å². The monoisotopic (exact) mass is 483 g/mol. The Hall–Kier alpha value is -2.42. The summed E-state index contributed by atoms with van der Waals surface area (Å²) >= 11 is 0. The number of benzene rings is 1. The first-order valence-electron chi connectivity index (χ1n) is 12.9. The maximum absolute atomic E-state index is 13.5. The molecule has 8 nitrogen and oxygen atoms in total. The zero-order valence-electron chi connectivity index (χ0n) is 21.5. The Bertz CT molecular complexity index is 937. The van der Waals surface area contributed by atoms with Gasteiger partial charge in [-0.25, -0.2) is 0 Å². The summed E-state index contributed by atoms with van der Waals surface area (Å²) in [5, 5.41) is 10.9. The zero-order chi connectivity index (χ0) is 24.7. The van der Waals surface area contributed by atoms with Crippen molar-refractivity contribution in [2.75, 3.05) is 54.1 Å². The third-order valence-corrected chi connectivity index (χ3v) is 7.72. The van der Waals surface area contributed by atoms with Gasteiger partial charge in [0.15, 0.2) is 0 Å². The molecule has 4 rings (SSSR count). The van der Waals surface area contributed by atoms with Crippen molar-refractivity contribution < 1.29 is 14.3 Å². The molecular formula is C27H41N5O3. The summed E-state index contributed by atoms with van der Waals surface area (Å²) < 4.78 is 10.7. The summed E-state index contributed by atoms with van der Waals surface area (Å²) in [7, 11) is 5.80. The number of carbonyl (C=O) groups is 1. The Kier molecular flexibility index (Phi) is 8.81. The second-order valence-electron chi connectivity index (χ2n) is 10.2. The van der Waals surface area contributed by atoms with Crippen molar-refractivity contribution in [3.8, 4) is 5.75 Å². The summed E-state index contributed by atoms with van der Waals surface area (Å²) in [4.78, 5) is 17.9. The minimum Gasteiger partial charge on any atom is -0.491 e.